The van der Waals surface area contributed by atoms with Gasteiger partial charge >= 0.3 is 0 Å². The Morgan fingerprint density at radius 1 is 1.12 bits per heavy atom. The molecule has 6 heteroatoms. The van der Waals surface area contributed by atoms with E-state index in [2.05, 4.69) is 32.3 Å². The Bertz CT molecular complexity index is 971. The quantitative estimate of drug-likeness (QED) is 0.599. The van der Waals surface area contributed by atoms with E-state index in [0.717, 1.165) is 27.0 Å². The minimum absolute atomic E-state index is 0.367. The number of anilines is 3. The fourth-order valence-electron chi connectivity index (χ4n) is 2.57. The summed E-state index contributed by atoms with van der Waals surface area (Å²) in [4.78, 5) is 4.21. The van der Waals surface area contributed by atoms with Crippen molar-refractivity contribution in [3.05, 3.63) is 69.8 Å². The minimum atomic E-state index is 0.367. The maximum absolute atomic E-state index is 8.88. The zero-order chi connectivity index (χ0) is 18.7. The van der Waals surface area contributed by atoms with Crippen LogP contribution < -0.4 is 15.8 Å². The van der Waals surface area contributed by atoms with Crippen LogP contribution in [0.3, 0.4) is 0 Å². The molecule has 5 nitrogen and oxygen atoms in total. The number of halogens is 1. The second kappa shape index (κ2) is 7.46. The lowest BCUT2D eigenvalue weighted by molar-refractivity contribution is 0.473. The Morgan fingerprint density at radius 3 is 2.38 bits per heavy atom. The molecule has 3 rings (SSSR count). The van der Waals surface area contributed by atoms with Crippen LogP contribution in [0.15, 0.2) is 53.1 Å². The highest BCUT2D eigenvalue weighted by atomic mass is 79.9. The van der Waals surface area contributed by atoms with Gasteiger partial charge < -0.3 is 15.8 Å². The second-order valence-electron chi connectivity index (χ2n) is 5.89. The van der Waals surface area contributed by atoms with Crippen LogP contribution in [0, 0.1) is 25.2 Å². The van der Waals surface area contributed by atoms with Gasteiger partial charge in [0.2, 0.25) is 0 Å². The summed E-state index contributed by atoms with van der Waals surface area (Å²) >= 11 is 3.49. The minimum Gasteiger partial charge on any atom is -0.455 e. The first-order valence-electron chi connectivity index (χ1n) is 7.93. The number of aryl methyl sites for hydroxylation is 2. The Hall–Kier alpha value is -3.04. The van der Waals surface area contributed by atoms with E-state index in [9.17, 15) is 0 Å². The third-order valence-electron chi connectivity index (χ3n) is 3.83. The number of nitriles is 1. The molecule has 130 valence electrons. The number of aromatic nitrogens is 1. The van der Waals surface area contributed by atoms with Crippen molar-refractivity contribution >= 4 is 33.1 Å². The summed E-state index contributed by atoms with van der Waals surface area (Å²) in [6.07, 6.45) is 1.60. The molecule has 0 radical (unpaired) electrons. The Balaban J connectivity index is 1.87. The molecule has 0 aliphatic heterocycles. The van der Waals surface area contributed by atoms with Crippen LogP contribution in [0.1, 0.15) is 16.7 Å². The highest BCUT2D eigenvalue weighted by molar-refractivity contribution is 9.10. The van der Waals surface area contributed by atoms with Gasteiger partial charge in [0.05, 0.1) is 23.5 Å². The topological polar surface area (TPSA) is 84.0 Å². The summed E-state index contributed by atoms with van der Waals surface area (Å²) < 4.78 is 7.06. The molecular formula is C20H17BrN4O. The normalized spacial score (nSPS) is 10.2. The number of hydrogen-bond donors (Lipinski definition) is 2. The monoisotopic (exact) mass is 408 g/mol. The van der Waals surface area contributed by atoms with E-state index in [1.54, 1.807) is 18.3 Å². The van der Waals surface area contributed by atoms with Gasteiger partial charge in [0, 0.05) is 16.2 Å². The molecule has 2 aromatic carbocycles. The van der Waals surface area contributed by atoms with Gasteiger partial charge in [-0.2, -0.15) is 5.26 Å². The molecule has 1 aromatic heterocycles. The smallest absolute Gasteiger partial charge is 0.147 e. The van der Waals surface area contributed by atoms with Crippen molar-refractivity contribution in [3.8, 4) is 17.6 Å². The molecule has 26 heavy (non-hydrogen) atoms. The molecule has 0 unspecified atom stereocenters. The van der Waals surface area contributed by atoms with Crippen molar-refractivity contribution in [2.24, 2.45) is 0 Å². The first-order valence-corrected chi connectivity index (χ1v) is 8.73. The average molecular weight is 409 g/mol. The third-order valence-corrected chi connectivity index (χ3v) is 4.29. The van der Waals surface area contributed by atoms with Crippen LogP contribution in [-0.4, -0.2) is 4.98 Å². The number of hydrogen-bond acceptors (Lipinski definition) is 5. The SMILES string of the molecule is Cc1cc(Br)cc(C)c1Oc1cnc(N)c(Nc2ccc(C#N)cc2)c1. The van der Waals surface area contributed by atoms with Gasteiger partial charge in [0.25, 0.3) is 0 Å². The molecule has 0 saturated carbocycles. The second-order valence-corrected chi connectivity index (χ2v) is 6.80. The van der Waals surface area contributed by atoms with Crippen LogP contribution in [0.25, 0.3) is 0 Å². The van der Waals surface area contributed by atoms with Crippen molar-refractivity contribution in [2.75, 3.05) is 11.1 Å². The van der Waals surface area contributed by atoms with Crippen molar-refractivity contribution in [1.29, 1.82) is 5.26 Å². The van der Waals surface area contributed by atoms with Gasteiger partial charge in [0.1, 0.15) is 17.3 Å². The van der Waals surface area contributed by atoms with Crippen LogP contribution in [-0.2, 0) is 0 Å². The first-order chi connectivity index (χ1) is 12.5. The summed E-state index contributed by atoms with van der Waals surface area (Å²) in [5, 5.41) is 12.1. The summed E-state index contributed by atoms with van der Waals surface area (Å²) in [5.41, 5.74) is 10.1. The maximum atomic E-state index is 8.88. The molecule has 0 aliphatic carbocycles. The van der Waals surface area contributed by atoms with E-state index in [0.29, 0.717) is 22.8 Å². The summed E-state index contributed by atoms with van der Waals surface area (Å²) in [6.45, 7) is 3.99. The molecule has 0 amide bonds. The van der Waals surface area contributed by atoms with Gasteiger partial charge in [-0.15, -0.1) is 0 Å². The third kappa shape index (κ3) is 3.95. The molecule has 3 N–H and O–H groups in total. The number of nitrogen functional groups attached to an aromatic ring is 1. The Kier molecular flexibility index (Phi) is 5.10. The van der Waals surface area contributed by atoms with Crippen molar-refractivity contribution in [3.63, 3.8) is 0 Å². The highest BCUT2D eigenvalue weighted by Gasteiger charge is 2.10. The van der Waals surface area contributed by atoms with Gasteiger partial charge in [-0.05, 0) is 61.4 Å². The lowest BCUT2D eigenvalue weighted by Crippen LogP contribution is -2.00. The number of benzene rings is 2. The highest BCUT2D eigenvalue weighted by Crippen LogP contribution is 2.33. The molecule has 0 saturated heterocycles. The van der Waals surface area contributed by atoms with E-state index in [1.165, 1.54) is 0 Å². The molecule has 0 atom stereocenters. The molecule has 1 heterocycles. The summed E-state index contributed by atoms with van der Waals surface area (Å²) in [7, 11) is 0. The van der Waals surface area contributed by atoms with Crippen LogP contribution in [0.2, 0.25) is 0 Å². The maximum Gasteiger partial charge on any atom is 0.147 e. The lowest BCUT2D eigenvalue weighted by Gasteiger charge is -2.14. The van der Waals surface area contributed by atoms with Crippen molar-refractivity contribution in [2.45, 2.75) is 13.8 Å². The lowest BCUT2D eigenvalue weighted by atomic mass is 10.1. The number of nitrogens with zero attached hydrogens (tertiary/aromatic N) is 2. The number of ether oxygens (including phenoxy) is 1. The summed E-state index contributed by atoms with van der Waals surface area (Å²) in [6, 6.07) is 15.0. The van der Waals surface area contributed by atoms with Crippen molar-refractivity contribution in [1.82, 2.24) is 4.98 Å². The van der Waals surface area contributed by atoms with E-state index >= 15 is 0 Å². The predicted molar refractivity (Wildman–Crippen MR) is 107 cm³/mol. The Morgan fingerprint density at radius 2 is 1.77 bits per heavy atom. The van der Waals surface area contributed by atoms with Gasteiger partial charge in [-0.1, -0.05) is 15.9 Å². The summed E-state index contributed by atoms with van der Waals surface area (Å²) in [5.74, 6) is 1.75. The van der Waals surface area contributed by atoms with Crippen LogP contribution in [0.4, 0.5) is 17.2 Å². The number of rotatable bonds is 4. The van der Waals surface area contributed by atoms with Crippen LogP contribution in [0.5, 0.6) is 11.5 Å². The number of nitrogens with two attached hydrogens (primary N) is 1. The standard InChI is InChI=1S/C20H17BrN4O/c1-12-7-15(21)8-13(2)19(12)26-17-9-18(20(23)24-11-17)25-16-5-3-14(10-22)4-6-16/h3-9,11,25H,1-2H3,(H2,23,24). The van der Waals surface area contributed by atoms with Gasteiger partial charge in [0.15, 0.2) is 0 Å². The van der Waals surface area contributed by atoms with E-state index in [-0.39, 0.29) is 0 Å². The van der Waals surface area contributed by atoms with E-state index in [4.69, 9.17) is 15.7 Å². The molecule has 0 spiro atoms. The predicted octanol–water partition coefficient (Wildman–Crippen LogP) is 5.45. The molecule has 0 fully saturated rings. The molecule has 0 bridgehead atoms. The Labute approximate surface area is 160 Å². The fraction of sp³-hybridized carbons (Fsp3) is 0.100. The largest absolute Gasteiger partial charge is 0.455 e. The van der Waals surface area contributed by atoms with Crippen LogP contribution >= 0.6 is 15.9 Å². The zero-order valence-electron chi connectivity index (χ0n) is 14.4. The fourth-order valence-corrected chi connectivity index (χ4v) is 3.26. The van der Waals surface area contributed by atoms with Crippen molar-refractivity contribution < 1.29 is 4.74 Å². The molecule has 3 aromatic rings. The van der Waals surface area contributed by atoms with E-state index in [1.807, 2.05) is 44.2 Å². The molecular weight excluding hydrogens is 392 g/mol. The number of nitrogens with one attached hydrogen (secondary N) is 1. The number of pyridine rings is 1. The average Bonchev–Trinajstić information content (AvgIpc) is 2.61. The van der Waals surface area contributed by atoms with Gasteiger partial charge in [-0.25, -0.2) is 4.98 Å². The van der Waals surface area contributed by atoms with Gasteiger partial charge in [-0.3, -0.25) is 0 Å². The first kappa shape index (κ1) is 17.8. The van der Waals surface area contributed by atoms with E-state index < -0.39 is 0 Å². The zero-order valence-corrected chi connectivity index (χ0v) is 16.0. The molecule has 0 aliphatic rings.